The van der Waals surface area contributed by atoms with Gasteiger partial charge in [-0.2, -0.15) is 0 Å². The molecule has 0 bridgehead atoms. The lowest BCUT2D eigenvalue weighted by Crippen LogP contribution is -2.44. The second-order valence-corrected chi connectivity index (χ2v) is 10.6. The van der Waals surface area contributed by atoms with Gasteiger partial charge in [-0.3, -0.25) is 4.79 Å². The lowest BCUT2D eigenvalue weighted by atomic mass is 9.88. The molecule has 6 rings (SSSR count). The zero-order valence-corrected chi connectivity index (χ0v) is 19.7. The van der Waals surface area contributed by atoms with Crippen LogP contribution in [0.25, 0.3) is 11.1 Å². The molecule has 1 N–H and O–H groups in total. The van der Waals surface area contributed by atoms with Gasteiger partial charge in [0.1, 0.15) is 12.1 Å². The number of hydrogen-bond acceptors (Lipinski definition) is 4. The molecule has 1 spiro atoms. The monoisotopic (exact) mass is 460 g/mol. The zero-order chi connectivity index (χ0) is 23.4. The van der Waals surface area contributed by atoms with Crippen molar-refractivity contribution < 1.29 is 19.4 Å². The topological polar surface area (TPSA) is 70.1 Å². The molecule has 2 aromatic carbocycles. The van der Waals surface area contributed by atoms with Gasteiger partial charge in [0.25, 0.3) is 5.91 Å². The van der Waals surface area contributed by atoms with Crippen molar-refractivity contribution in [2.75, 3.05) is 31.6 Å². The lowest BCUT2D eigenvalue weighted by Gasteiger charge is -2.34. The first-order valence-corrected chi connectivity index (χ1v) is 12.5. The summed E-state index contributed by atoms with van der Waals surface area (Å²) in [5.74, 6) is 0.0117. The number of likely N-dealkylation sites (tertiary alicyclic amines) is 1. The normalized spacial score (nSPS) is 27.1. The number of likely N-dealkylation sites (N-methyl/N-ethyl adjacent to an activating group) is 1. The van der Waals surface area contributed by atoms with Crippen molar-refractivity contribution in [2.45, 2.75) is 56.6 Å². The minimum atomic E-state index is -0.773. The Morgan fingerprint density at radius 3 is 2.47 bits per heavy atom. The third-order valence-electron chi connectivity index (χ3n) is 8.74. The molecule has 3 aliphatic heterocycles. The molecule has 3 atom stereocenters. The number of anilines is 1. The number of carbonyl (C=O) groups is 2. The third kappa shape index (κ3) is 3.59. The van der Waals surface area contributed by atoms with Crippen LogP contribution >= 0.6 is 0 Å². The van der Waals surface area contributed by atoms with Crippen molar-refractivity contribution in [3.8, 4) is 11.1 Å². The molecule has 3 heterocycles. The molecule has 0 aromatic heterocycles. The van der Waals surface area contributed by atoms with Crippen molar-refractivity contribution in [1.82, 2.24) is 4.90 Å². The Kier molecular flexibility index (Phi) is 5.17. The molecule has 1 saturated carbocycles. The number of carboxylic acids is 1. The van der Waals surface area contributed by atoms with Crippen LogP contribution < -0.4 is 4.90 Å². The Labute approximate surface area is 200 Å². The SMILES string of the molecule is CN1c2cc(-c3ccc([C@@H]4CC45CCN(C(=O)[C@H]4CCCO4)CC5)cc3)ccc2CC1C(=O)O. The molecule has 1 aliphatic carbocycles. The number of hydrogen-bond donors (Lipinski definition) is 1. The van der Waals surface area contributed by atoms with Crippen molar-refractivity contribution in [1.29, 1.82) is 0 Å². The first-order valence-electron chi connectivity index (χ1n) is 12.5. The van der Waals surface area contributed by atoms with Gasteiger partial charge in [0, 0.05) is 38.9 Å². The van der Waals surface area contributed by atoms with E-state index in [-0.39, 0.29) is 12.0 Å². The van der Waals surface area contributed by atoms with E-state index in [0.717, 1.165) is 67.8 Å². The van der Waals surface area contributed by atoms with E-state index in [0.29, 0.717) is 17.8 Å². The number of carbonyl (C=O) groups excluding carboxylic acids is 1. The van der Waals surface area contributed by atoms with Gasteiger partial charge in [-0.25, -0.2) is 4.79 Å². The highest BCUT2D eigenvalue weighted by Gasteiger charge is 2.55. The average molecular weight is 461 g/mol. The summed E-state index contributed by atoms with van der Waals surface area (Å²) in [6, 6.07) is 14.7. The molecule has 34 heavy (non-hydrogen) atoms. The van der Waals surface area contributed by atoms with E-state index in [1.165, 1.54) is 12.0 Å². The molecule has 6 heteroatoms. The largest absolute Gasteiger partial charge is 0.480 e. The Hall–Kier alpha value is -2.86. The van der Waals surface area contributed by atoms with Crippen molar-refractivity contribution >= 4 is 17.6 Å². The highest BCUT2D eigenvalue weighted by Crippen LogP contribution is 2.65. The standard InChI is InChI=1S/C28H32N2O4/c1-29-23-15-20(8-9-21(23)16-24(29)27(32)33)18-4-6-19(7-5-18)22-17-28(22)10-12-30(13-11-28)26(31)25-3-2-14-34-25/h4-9,15,22,24-25H,2-3,10-14,16-17H2,1H3,(H,32,33)/t22-,24?,25+/m0/s1. The third-order valence-corrected chi connectivity index (χ3v) is 8.74. The Bertz CT molecular complexity index is 1110. The number of carboxylic acid groups (broad SMARTS) is 1. The second kappa shape index (κ2) is 8.12. The quantitative estimate of drug-likeness (QED) is 0.745. The van der Waals surface area contributed by atoms with E-state index in [9.17, 15) is 14.7 Å². The van der Waals surface area contributed by atoms with Gasteiger partial charge in [-0.15, -0.1) is 0 Å². The summed E-state index contributed by atoms with van der Waals surface area (Å²) in [5.41, 5.74) is 6.14. The molecular weight excluding hydrogens is 428 g/mol. The number of nitrogens with zero attached hydrogens (tertiary/aromatic N) is 2. The fourth-order valence-electron chi connectivity index (χ4n) is 6.44. The summed E-state index contributed by atoms with van der Waals surface area (Å²) in [7, 11) is 1.86. The van der Waals surface area contributed by atoms with E-state index in [2.05, 4.69) is 42.5 Å². The summed E-state index contributed by atoms with van der Waals surface area (Å²) in [6.45, 7) is 2.43. The molecule has 4 aliphatic rings. The van der Waals surface area contributed by atoms with Crippen LogP contribution in [0, 0.1) is 5.41 Å². The summed E-state index contributed by atoms with van der Waals surface area (Å²) in [6.07, 6.45) is 5.60. The highest BCUT2D eigenvalue weighted by molar-refractivity contribution is 5.84. The molecule has 2 saturated heterocycles. The first kappa shape index (κ1) is 21.7. The predicted molar refractivity (Wildman–Crippen MR) is 130 cm³/mol. The number of piperidine rings is 1. The number of benzene rings is 2. The van der Waals surface area contributed by atoms with Gasteiger partial charge in [0.2, 0.25) is 0 Å². The number of fused-ring (bicyclic) bond motifs is 1. The number of amides is 1. The van der Waals surface area contributed by atoms with Gasteiger partial charge in [-0.1, -0.05) is 36.4 Å². The van der Waals surface area contributed by atoms with Crippen LogP contribution in [0.5, 0.6) is 0 Å². The zero-order valence-electron chi connectivity index (χ0n) is 19.7. The Morgan fingerprint density at radius 1 is 1.06 bits per heavy atom. The maximum atomic E-state index is 12.7. The van der Waals surface area contributed by atoms with Crippen LogP contribution in [0.3, 0.4) is 0 Å². The smallest absolute Gasteiger partial charge is 0.326 e. The lowest BCUT2D eigenvalue weighted by molar-refractivity contribution is -0.142. The Morgan fingerprint density at radius 2 is 1.79 bits per heavy atom. The number of aliphatic carboxylic acids is 1. The van der Waals surface area contributed by atoms with Crippen molar-refractivity contribution in [3.05, 3.63) is 53.6 Å². The molecule has 2 aromatic rings. The van der Waals surface area contributed by atoms with Crippen molar-refractivity contribution in [3.63, 3.8) is 0 Å². The molecule has 6 nitrogen and oxygen atoms in total. The summed E-state index contributed by atoms with van der Waals surface area (Å²) >= 11 is 0. The maximum Gasteiger partial charge on any atom is 0.326 e. The van der Waals surface area contributed by atoms with Gasteiger partial charge in [-0.05, 0) is 71.8 Å². The van der Waals surface area contributed by atoms with E-state index < -0.39 is 12.0 Å². The van der Waals surface area contributed by atoms with Gasteiger partial charge in [0.05, 0.1) is 0 Å². The highest BCUT2D eigenvalue weighted by atomic mass is 16.5. The number of rotatable bonds is 4. The van der Waals surface area contributed by atoms with Crippen LogP contribution in [0.1, 0.15) is 49.1 Å². The molecule has 3 fully saturated rings. The Balaban J connectivity index is 1.11. The fourth-order valence-corrected chi connectivity index (χ4v) is 6.44. The van der Waals surface area contributed by atoms with Crippen LogP contribution in [-0.4, -0.2) is 60.8 Å². The molecule has 0 radical (unpaired) electrons. The van der Waals surface area contributed by atoms with Gasteiger partial charge in [0.15, 0.2) is 0 Å². The minimum Gasteiger partial charge on any atom is -0.480 e. The summed E-state index contributed by atoms with van der Waals surface area (Å²) in [4.78, 5) is 28.1. The fraction of sp³-hybridized carbons (Fsp3) is 0.500. The van der Waals surface area contributed by atoms with Gasteiger partial charge >= 0.3 is 5.97 Å². The molecular formula is C28H32N2O4. The van der Waals surface area contributed by atoms with E-state index in [1.807, 2.05) is 16.8 Å². The molecule has 178 valence electrons. The predicted octanol–water partition coefficient (Wildman–Crippen LogP) is 4.07. The van der Waals surface area contributed by atoms with E-state index in [1.54, 1.807) is 0 Å². The van der Waals surface area contributed by atoms with E-state index in [4.69, 9.17) is 4.74 Å². The van der Waals surface area contributed by atoms with Crippen molar-refractivity contribution in [2.24, 2.45) is 5.41 Å². The summed E-state index contributed by atoms with van der Waals surface area (Å²) < 4.78 is 5.60. The second-order valence-electron chi connectivity index (χ2n) is 10.6. The van der Waals surface area contributed by atoms with E-state index >= 15 is 0 Å². The van der Waals surface area contributed by atoms with Crippen LogP contribution in [0.4, 0.5) is 5.69 Å². The molecule has 1 unspecified atom stereocenters. The maximum absolute atomic E-state index is 12.7. The summed E-state index contributed by atoms with van der Waals surface area (Å²) in [5, 5.41) is 9.46. The first-order chi connectivity index (χ1) is 16.4. The van der Waals surface area contributed by atoms with Crippen LogP contribution in [0.15, 0.2) is 42.5 Å². The average Bonchev–Trinajstić information content (AvgIpc) is 3.18. The van der Waals surface area contributed by atoms with Crippen LogP contribution in [-0.2, 0) is 20.7 Å². The van der Waals surface area contributed by atoms with Gasteiger partial charge < -0.3 is 19.6 Å². The molecule has 1 amide bonds. The number of ether oxygens (including phenoxy) is 1. The van der Waals surface area contributed by atoms with Crippen LogP contribution in [0.2, 0.25) is 0 Å². The minimum absolute atomic E-state index is 0.198.